The van der Waals surface area contributed by atoms with Gasteiger partial charge in [0.1, 0.15) is 0 Å². The minimum atomic E-state index is -0.947. The van der Waals surface area contributed by atoms with E-state index >= 15 is 0 Å². The highest BCUT2D eigenvalue weighted by atomic mass is 32.2. The van der Waals surface area contributed by atoms with Crippen LogP contribution in [0.1, 0.15) is 27.3 Å². The first-order valence-corrected chi connectivity index (χ1v) is 10.1. The van der Waals surface area contributed by atoms with Gasteiger partial charge in [0, 0.05) is 5.75 Å². The molecule has 140 valence electrons. The third kappa shape index (κ3) is 3.66. The normalized spacial score (nSPS) is 11.0. The number of thioether (sulfide) groups is 1. The Labute approximate surface area is 167 Å². The van der Waals surface area contributed by atoms with Gasteiger partial charge >= 0.3 is 5.97 Å². The summed E-state index contributed by atoms with van der Waals surface area (Å²) in [6.07, 6.45) is 0. The number of aryl methyl sites for hydroxylation is 1. The predicted molar refractivity (Wildman–Crippen MR) is 113 cm³/mol. The zero-order valence-electron chi connectivity index (χ0n) is 15.5. The van der Waals surface area contributed by atoms with E-state index in [1.165, 1.54) is 5.56 Å². The van der Waals surface area contributed by atoms with Crippen molar-refractivity contribution >= 4 is 28.5 Å². The summed E-state index contributed by atoms with van der Waals surface area (Å²) in [4.78, 5) is 16.5. The van der Waals surface area contributed by atoms with E-state index in [4.69, 9.17) is 0 Å². The number of carbonyl (C=O) groups is 1. The molecule has 0 spiro atoms. The number of rotatable bonds is 6. The van der Waals surface area contributed by atoms with Gasteiger partial charge in [0.2, 0.25) is 0 Å². The van der Waals surface area contributed by atoms with Gasteiger partial charge in [-0.05, 0) is 28.8 Å². The SMILES string of the molecule is Cc1nc(SCc2ccccc2)n(Cc2cccc3ccccc23)c1C(=O)O. The second kappa shape index (κ2) is 7.90. The molecule has 3 aromatic carbocycles. The third-order valence-electron chi connectivity index (χ3n) is 4.73. The highest BCUT2D eigenvalue weighted by molar-refractivity contribution is 7.98. The molecule has 28 heavy (non-hydrogen) atoms. The van der Waals surface area contributed by atoms with Crippen LogP contribution in [0.25, 0.3) is 10.8 Å². The lowest BCUT2D eigenvalue weighted by atomic mass is 10.0. The van der Waals surface area contributed by atoms with Crippen molar-refractivity contribution in [2.24, 2.45) is 0 Å². The number of hydrogen-bond donors (Lipinski definition) is 1. The van der Waals surface area contributed by atoms with Crippen molar-refractivity contribution in [3.05, 3.63) is 95.3 Å². The number of imidazole rings is 1. The summed E-state index contributed by atoms with van der Waals surface area (Å²) in [5.41, 5.74) is 3.06. The maximum atomic E-state index is 11.9. The number of hydrogen-bond acceptors (Lipinski definition) is 3. The van der Waals surface area contributed by atoms with Crippen LogP contribution in [0.15, 0.2) is 78.0 Å². The Morgan fingerprint density at radius 1 is 1.00 bits per heavy atom. The van der Waals surface area contributed by atoms with Crippen molar-refractivity contribution < 1.29 is 9.90 Å². The molecule has 5 heteroatoms. The molecule has 0 amide bonds. The summed E-state index contributed by atoms with van der Waals surface area (Å²) < 4.78 is 1.83. The van der Waals surface area contributed by atoms with Gasteiger partial charge in [-0.25, -0.2) is 9.78 Å². The van der Waals surface area contributed by atoms with E-state index in [1.807, 2.05) is 41.0 Å². The monoisotopic (exact) mass is 388 g/mol. The van der Waals surface area contributed by atoms with Gasteiger partial charge in [-0.15, -0.1) is 0 Å². The maximum Gasteiger partial charge on any atom is 0.354 e. The first kappa shape index (κ1) is 18.3. The standard InChI is InChI=1S/C23H20N2O2S/c1-16-21(22(26)27)25(23(24-16)28-15-17-8-3-2-4-9-17)14-19-12-7-11-18-10-5-6-13-20(18)19/h2-13H,14-15H2,1H3,(H,26,27). The van der Waals surface area contributed by atoms with E-state index in [1.54, 1.807) is 18.7 Å². The molecule has 0 aliphatic rings. The van der Waals surface area contributed by atoms with Crippen molar-refractivity contribution in [1.82, 2.24) is 9.55 Å². The van der Waals surface area contributed by atoms with Gasteiger partial charge in [-0.3, -0.25) is 0 Å². The summed E-state index contributed by atoms with van der Waals surface area (Å²) in [5.74, 6) is -0.205. The molecule has 4 nitrogen and oxygen atoms in total. The van der Waals surface area contributed by atoms with Crippen molar-refractivity contribution in [2.45, 2.75) is 24.4 Å². The molecule has 0 bridgehead atoms. The second-order valence-corrected chi connectivity index (χ2v) is 7.57. The van der Waals surface area contributed by atoms with Gasteiger partial charge in [-0.1, -0.05) is 84.6 Å². The van der Waals surface area contributed by atoms with Gasteiger partial charge in [0.25, 0.3) is 0 Å². The van der Waals surface area contributed by atoms with E-state index in [0.29, 0.717) is 12.2 Å². The molecule has 0 fully saturated rings. The van der Waals surface area contributed by atoms with Gasteiger partial charge < -0.3 is 9.67 Å². The fourth-order valence-corrected chi connectivity index (χ4v) is 4.40. The molecular weight excluding hydrogens is 368 g/mol. The number of carboxylic acids is 1. The van der Waals surface area contributed by atoms with E-state index in [-0.39, 0.29) is 5.69 Å². The lowest BCUT2D eigenvalue weighted by Gasteiger charge is -2.12. The first-order chi connectivity index (χ1) is 13.6. The van der Waals surface area contributed by atoms with Crippen molar-refractivity contribution in [1.29, 1.82) is 0 Å². The molecule has 1 heterocycles. The molecular formula is C23H20N2O2S. The van der Waals surface area contributed by atoms with Crippen LogP contribution in [0.2, 0.25) is 0 Å². The summed E-state index contributed by atoms with van der Waals surface area (Å²) in [6.45, 7) is 2.23. The van der Waals surface area contributed by atoms with Crippen molar-refractivity contribution in [3.8, 4) is 0 Å². The van der Waals surface area contributed by atoms with Gasteiger partial charge in [-0.2, -0.15) is 0 Å². The van der Waals surface area contributed by atoms with Crippen LogP contribution >= 0.6 is 11.8 Å². The molecule has 0 saturated carbocycles. The Morgan fingerprint density at radius 2 is 1.71 bits per heavy atom. The number of aromatic carboxylic acids is 1. The Kier molecular flexibility index (Phi) is 5.17. The van der Waals surface area contributed by atoms with Crippen LogP contribution in [-0.4, -0.2) is 20.6 Å². The lowest BCUT2D eigenvalue weighted by molar-refractivity contribution is 0.0684. The van der Waals surface area contributed by atoms with Gasteiger partial charge in [0.05, 0.1) is 12.2 Å². The van der Waals surface area contributed by atoms with Crippen LogP contribution in [0.3, 0.4) is 0 Å². The molecule has 4 rings (SSSR count). The number of carboxylic acid groups (broad SMARTS) is 1. The Morgan fingerprint density at radius 3 is 2.50 bits per heavy atom. The smallest absolute Gasteiger partial charge is 0.354 e. The molecule has 0 aliphatic carbocycles. The van der Waals surface area contributed by atoms with E-state index < -0.39 is 5.97 Å². The quantitative estimate of drug-likeness (QED) is 0.450. The average molecular weight is 388 g/mol. The Hall–Kier alpha value is -3.05. The topological polar surface area (TPSA) is 55.1 Å². The summed E-state index contributed by atoms with van der Waals surface area (Å²) in [6, 6.07) is 24.4. The van der Waals surface area contributed by atoms with E-state index in [9.17, 15) is 9.90 Å². The number of fused-ring (bicyclic) bond motifs is 1. The van der Waals surface area contributed by atoms with E-state index in [0.717, 1.165) is 27.2 Å². The highest BCUT2D eigenvalue weighted by Gasteiger charge is 2.21. The Bertz CT molecular complexity index is 1130. The largest absolute Gasteiger partial charge is 0.477 e. The molecule has 1 N–H and O–H groups in total. The second-order valence-electron chi connectivity index (χ2n) is 6.63. The van der Waals surface area contributed by atoms with E-state index in [2.05, 4.69) is 41.4 Å². The number of benzene rings is 3. The Balaban J connectivity index is 1.73. The number of aromatic nitrogens is 2. The molecule has 0 unspecified atom stereocenters. The van der Waals surface area contributed by atoms with Crippen LogP contribution in [0.5, 0.6) is 0 Å². The van der Waals surface area contributed by atoms with Crippen LogP contribution in [-0.2, 0) is 12.3 Å². The summed E-state index contributed by atoms with van der Waals surface area (Å²) in [5, 5.41) is 12.8. The molecule has 4 aromatic rings. The van der Waals surface area contributed by atoms with Crippen molar-refractivity contribution in [3.63, 3.8) is 0 Å². The van der Waals surface area contributed by atoms with Crippen LogP contribution in [0, 0.1) is 6.92 Å². The molecule has 1 aromatic heterocycles. The molecule has 0 aliphatic heterocycles. The fraction of sp³-hybridized carbons (Fsp3) is 0.130. The predicted octanol–water partition coefficient (Wildman–Crippen LogP) is 5.38. The minimum Gasteiger partial charge on any atom is -0.477 e. The molecule has 0 atom stereocenters. The zero-order valence-corrected chi connectivity index (χ0v) is 16.3. The highest BCUT2D eigenvalue weighted by Crippen LogP contribution is 2.28. The summed E-state index contributed by atoms with van der Waals surface area (Å²) in [7, 11) is 0. The molecule has 0 saturated heterocycles. The summed E-state index contributed by atoms with van der Waals surface area (Å²) >= 11 is 1.57. The maximum absolute atomic E-state index is 11.9. The minimum absolute atomic E-state index is 0.253. The third-order valence-corrected chi connectivity index (χ3v) is 5.78. The number of nitrogens with zero attached hydrogens (tertiary/aromatic N) is 2. The zero-order chi connectivity index (χ0) is 19.5. The van der Waals surface area contributed by atoms with Gasteiger partial charge in [0.15, 0.2) is 10.9 Å². The average Bonchev–Trinajstić information content (AvgIpc) is 3.02. The van der Waals surface area contributed by atoms with Crippen LogP contribution in [0.4, 0.5) is 0 Å². The fourth-order valence-electron chi connectivity index (χ4n) is 3.40. The lowest BCUT2D eigenvalue weighted by Crippen LogP contribution is -2.12. The van der Waals surface area contributed by atoms with Crippen LogP contribution < -0.4 is 0 Å². The van der Waals surface area contributed by atoms with Crippen molar-refractivity contribution in [2.75, 3.05) is 0 Å². The molecule has 0 radical (unpaired) electrons. The first-order valence-electron chi connectivity index (χ1n) is 9.07.